The molecule has 1 heterocycles. The van der Waals surface area contributed by atoms with E-state index in [1.807, 2.05) is 48.5 Å². The molecule has 0 amide bonds. The van der Waals surface area contributed by atoms with Crippen molar-refractivity contribution in [1.82, 2.24) is 19.6 Å². The summed E-state index contributed by atoms with van der Waals surface area (Å²) in [5, 5.41) is 0. The number of ether oxygens (including phenoxy) is 5. The summed E-state index contributed by atoms with van der Waals surface area (Å²) in [6.45, 7) is 24.1. The van der Waals surface area contributed by atoms with Crippen LogP contribution in [-0.4, -0.2) is 143 Å². The Balaban J connectivity index is 0.00000182. The Labute approximate surface area is 736 Å². The lowest BCUT2D eigenvalue weighted by atomic mass is 10.1. The minimum atomic E-state index is -0.304. The van der Waals surface area contributed by atoms with E-state index in [0.29, 0.717) is 105 Å². The number of carbonyl (C=O) groups excluding carboxylic acids is 5. The number of hydrogen-bond acceptors (Lipinski definition) is 18. The van der Waals surface area contributed by atoms with E-state index in [2.05, 4.69) is 104 Å². The first-order valence-corrected chi connectivity index (χ1v) is 49.1. The average molecular weight is 1680 g/mol. The zero-order valence-corrected chi connectivity index (χ0v) is 78.3. The topological polar surface area (TPSA) is 226 Å². The number of nitrogens with zero attached hydrogens (tertiary/aromatic N) is 5. The summed E-state index contributed by atoms with van der Waals surface area (Å²) in [5.41, 5.74) is 22.7. The van der Waals surface area contributed by atoms with Gasteiger partial charge >= 0.3 is 29.8 Å². The minimum Gasteiger partial charge on any atom is -0.466 e. The molecule has 6 N–H and O–H groups in total. The van der Waals surface area contributed by atoms with Crippen molar-refractivity contribution in [2.24, 2.45) is 5.73 Å². The molecule has 1 saturated heterocycles. The molecule has 18 nitrogen and oxygen atoms in total. The summed E-state index contributed by atoms with van der Waals surface area (Å²) in [4.78, 5) is 72.2. The summed E-state index contributed by atoms with van der Waals surface area (Å²) in [6, 6.07) is 24.0. The van der Waals surface area contributed by atoms with Gasteiger partial charge in [0.1, 0.15) is 0 Å². The maximum atomic E-state index is 12.6. The first kappa shape index (κ1) is 112. The third-order valence-electron chi connectivity index (χ3n) is 22.3. The summed E-state index contributed by atoms with van der Waals surface area (Å²) in [5.74, 6) is -0.933. The summed E-state index contributed by atoms with van der Waals surface area (Å²) in [7, 11) is 4.28. The van der Waals surface area contributed by atoms with Gasteiger partial charge < -0.3 is 45.8 Å². The van der Waals surface area contributed by atoms with Crippen molar-refractivity contribution in [2.45, 2.75) is 407 Å². The monoisotopic (exact) mass is 1680 g/mol. The zero-order chi connectivity index (χ0) is 87.5. The predicted molar refractivity (Wildman–Crippen MR) is 509 cm³/mol. The molecular weight excluding hydrogens is 1500 g/mol. The Morgan fingerprint density at radius 3 is 0.775 bits per heavy atom. The molecular formula is C102H184N8O10. The highest BCUT2D eigenvalue weighted by atomic mass is 16.5. The van der Waals surface area contributed by atoms with Gasteiger partial charge in [0.2, 0.25) is 0 Å². The molecule has 1 aliphatic rings. The van der Waals surface area contributed by atoms with E-state index >= 15 is 0 Å². The molecule has 3 aromatic rings. The fraction of sp³-hybridized carbons (Fsp3) is 0.755. The van der Waals surface area contributed by atoms with Gasteiger partial charge in [-0.1, -0.05) is 373 Å². The second-order valence-electron chi connectivity index (χ2n) is 34.1. The number of anilines is 3. The molecule has 692 valence electrons. The van der Waals surface area contributed by atoms with Crippen LogP contribution in [0.15, 0.2) is 85.5 Å². The average Bonchev–Trinajstić information content (AvgIpc) is 0.839. The second kappa shape index (κ2) is 83.8. The van der Waals surface area contributed by atoms with Crippen LogP contribution >= 0.6 is 0 Å². The van der Waals surface area contributed by atoms with Gasteiger partial charge in [-0.3, -0.25) is 38.8 Å². The van der Waals surface area contributed by atoms with Crippen molar-refractivity contribution in [1.29, 1.82) is 0 Å². The third-order valence-corrected chi connectivity index (χ3v) is 22.3. The molecule has 0 bridgehead atoms. The van der Waals surface area contributed by atoms with Gasteiger partial charge in [0.25, 0.3) is 0 Å². The highest BCUT2D eigenvalue weighted by Gasteiger charge is 2.20. The number of unbranched alkanes of at least 4 members (excludes halogenated alkanes) is 46. The number of nitrogen functional groups attached to an aromatic ring is 2. The smallest absolute Gasteiger partial charge is 0.330 e. The van der Waals surface area contributed by atoms with Crippen LogP contribution in [0.1, 0.15) is 406 Å². The lowest BCUT2D eigenvalue weighted by Crippen LogP contribution is -2.52. The normalized spacial score (nSPS) is 12.1. The lowest BCUT2D eigenvalue weighted by molar-refractivity contribution is -0.146. The molecule has 120 heavy (non-hydrogen) atoms. The van der Waals surface area contributed by atoms with Crippen LogP contribution in [0.25, 0.3) is 0 Å². The molecule has 0 atom stereocenters. The van der Waals surface area contributed by atoms with Gasteiger partial charge in [0.05, 0.1) is 78.7 Å². The van der Waals surface area contributed by atoms with E-state index in [0.717, 1.165) is 100 Å². The molecule has 18 heteroatoms. The van der Waals surface area contributed by atoms with Crippen molar-refractivity contribution in [2.75, 3.05) is 110 Å². The van der Waals surface area contributed by atoms with E-state index in [1.165, 1.54) is 287 Å². The fourth-order valence-electron chi connectivity index (χ4n) is 14.8. The highest BCUT2D eigenvalue weighted by Crippen LogP contribution is 2.22. The third kappa shape index (κ3) is 72.4. The van der Waals surface area contributed by atoms with E-state index < -0.39 is 0 Å². The second-order valence-corrected chi connectivity index (χ2v) is 34.1. The Hall–Kier alpha value is -6.05. The molecule has 0 saturated carbocycles. The summed E-state index contributed by atoms with van der Waals surface area (Å²) < 4.78 is 27.1. The van der Waals surface area contributed by atoms with Gasteiger partial charge in [-0.25, -0.2) is 4.79 Å². The maximum Gasteiger partial charge on any atom is 0.330 e. The van der Waals surface area contributed by atoms with Gasteiger partial charge in [-0.15, -0.1) is 0 Å². The summed E-state index contributed by atoms with van der Waals surface area (Å²) in [6.07, 6.45) is 67.4. The molecule has 0 aromatic heterocycles. The number of nitrogens with two attached hydrogens (primary N) is 3. The molecule has 0 spiro atoms. The fourth-order valence-corrected chi connectivity index (χ4v) is 14.8. The molecule has 0 radical (unpaired) electrons. The van der Waals surface area contributed by atoms with E-state index in [-0.39, 0.29) is 31.3 Å². The van der Waals surface area contributed by atoms with Crippen LogP contribution in [-0.2, 0) is 67.3 Å². The minimum absolute atomic E-state index is 0. The Kier molecular flexibility index (Phi) is 78.2. The van der Waals surface area contributed by atoms with Gasteiger partial charge in [-0.2, -0.15) is 0 Å². The quantitative estimate of drug-likeness (QED) is 0.0157. The van der Waals surface area contributed by atoms with Gasteiger partial charge in [0, 0.05) is 70.4 Å². The molecule has 1 fully saturated rings. The van der Waals surface area contributed by atoms with Crippen LogP contribution in [0.4, 0.5) is 17.1 Å². The van der Waals surface area contributed by atoms with Crippen LogP contribution < -0.4 is 22.1 Å². The molecule has 0 unspecified atom stereocenters. The van der Waals surface area contributed by atoms with Gasteiger partial charge in [-0.05, 0) is 99.3 Å². The number of hydrogen-bond donors (Lipinski definition) is 3. The SMILES string of the molecule is C=CC(=O)OCCCCCCCCCCCCC.CCCCCCCCCCCCOC(=O)CCN(CCC(=O)OCCCCCCCCCCCC)Cc1ccc(N)cc1.CCCCCCCCCCCCOC(=O)CCN(CCC(=O)OCCCCCCCCCCCC)Cc1ccc(N2CN(C)CN(C)C2)cc1.NCc1ccc(N)cc1.[2HH]. The number of benzene rings is 3. The molecule has 0 aliphatic carbocycles. The first-order valence-electron chi connectivity index (χ1n) is 49.1. The van der Waals surface area contributed by atoms with Crippen molar-refractivity contribution in [3.63, 3.8) is 0 Å². The first-order chi connectivity index (χ1) is 58.6. The van der Waals surface area contributed by atoms with E-state index in [9.17, 15) is 24.0 Å². The highest BCUT2D eigenvalue weighted by molar-refractivity contribution is 5.81. The number of rotatable bonds is 75. The molecule has 1 aliphatic heterocycles. The summed E-state index contributed by atoms with van der Waals surface area (Å²) >= 11 is 0. The Bertz CT molecular complexity index is 2730. The Morgan fingerprint density at radius 2 is 0.542 bits per heavy atom. The van der Waals surface area contributed by atoms with Crippen LogP contribution in [0.5, 0.6) is 0 Å². The van der Waals surface area contributed by atoms with E-state index in [1.54, 1.807) is 0 Å². The standard InChI is InChI=1S/C42H76N4O4.C37H66N2O4.C16H30O2.C7H10N2.H2/c1-5-7-9-11-13-15-17-19-21-23-33-49-41(47)29-31-45(32-30-42(48)50-34-24-22-20-18-16-14-12-10-8-6-2)35-39-25-27-40(28-26-39)46-37-43(3)36-44(4)38-46;1-3-5-7-9-11-13-15-17-19-21-31-42-36(40)27-29-39(33-34-23-25-35(38)26-24-34)30-28-37(41)43-32-22-20-18-16-14-12-10-8-6-4-2;1-3-5-6-7-8-9-10-11-12-13-14-15-18-16(17)4-2;8-5-6-1-3-7(9)4-2-6;/h25-28H,5-24,29-38H2,1-4H3;23-26H,3-22,27-33,38H2,1-2H3;4H,2-3,5-15H2,1H3;1-4H,5,8-9H2;1H/i;;;;1+1. The van der Waals surface area contributed by atoms with Crippen molar-refractivity contribution in [3.05, 3.63) is 102 Å². The zero-order valence-electron chi connectivity index (χ0n) is 78.3. The van der Waals surface area contributed by atoms with Crippen LogP contribution in [0.3, 0.4) is 0 Å². The number of esters is 5. The maximum absolute atomic E-state index is 12.6. The van der Waals surface area contributed by atoms with Crippen molar-refractivity contribution >= 4 is 46.9 Å². The largest absolute Gasteiger partial charge is 0.466 e. The predicted octanol–water partition coefficient (Wildman–Crippen LogP) is 25.5. The molecule has 3 aromatic carbocycles. The number of carbonyl (C=O) groups is 5. The van der Waals surface area contributed by atoms with Crippen LogP contribution in [0.2, 0.25) is 0 Å². The van der Waals surface area contributed by atoms with Gasteiger partial charge in [0.15, 0.2) is 0 Å². The van der Waals surface area contributed by atoms with Crippen molar-refractivity contribution in [3.8, 4) is 0 Å². The Morgan fingerprint density at radius 1 is 0.325 bits per heavy atom. The van der Waals surface area contributed by atoms with Crippen molar-refractivity contribution < 1.29 is 49.1 Å². The lowest BCUT2D eigenvalue weighted by Gasteiger charge is -2.40. The molecule has 4 rings (SSSR count). The van der Waals surface area contributed by atoms with E-state index in [4.69, 9.17) is 40.9 Å². The van der Waals surface area contributed by atoms with Crippen LogP contribution in [0, 0.1) is 0 Å².